The third-order valence-corrected chi connectivity index (χ3v) is 7.32. The topological polar surface area (TPSA) is 270 Å². The summed E-state index contributed by atoms with van der Waals surface area (Å²) in [7, 11) is -16.8. The summed E-state index contributed by atoms with van der Waals surface area (Å²) in [5.74, 6) is -0.121. The Kier molecular flexibility index (Phi) is 9.28. The van der Waals surface area contributed by atoms with Crippen LogP contribution in [0.15, 0.2) is 17.1 Å². The van der Waals surface area contributed by atoms with Crippen molar-refractivity contribution in [3.05, 3.63) is 22.7 Å². The van der Waals surface area contributed by atoms with Crippen molar-refractivity contribution >= 4 is 29.3 Å². The molecule has 180 valence electrons. The van der Waals surface area contributed by atoms with Crippen molar-refractivity contribution in [2.24, 2.45) is 0 Å². The fraction of sp³-hybridized carbons (Fsp3) is 0.636. The molecule has 0 aromatic carbocycles. The molecule has 0 aliphatic carbocycles. The van der Waals surface area contributed by atoms with Crippen LogP contribution in [-0.2, 0) is 31.6 Å². The quantitative estimate of drug-likeness (QED) is 0.162. The lowest BCUT2D eigenvalue weighted by molar-refractivity contribution is -0.191. The average molecular weight is 513 g/mol. The zero-order valence-electron chi connectivity index (χ0n) is 16.0. The summed E-state index contributed by atoms with van der Waals surface area (Å²) in [5.41, 5.74) is 2.49. The maximum atomic E-state index is 11.9. The highest BCUT2D eigenvalue weighted by Crippen LogP contribution is 2.66. The predicted octanol–water partition coefficient (Wildman–Crippen LogP) is -1.18. The van der Waals surface area contributed by atoms with Gasteiger partial charge in [-0.25, -0.2) is 18.5 Å². The summed E-state index contributed by atoms with van der Waals surface area (Å²) >= 11 is 0. The van der Waals surface area contributed by atoms with Gasteiger partial charge in [-0.1, -0.05) is 0 Å². The van der Waals surface area contributed by atoms with Gasteiger partial charge in [0.15, 0.2) is 6.23 Å². The number of ether oxygens (including phenoxy) is 1. The first-order chi connectivity index (χ1) is 13.9. The zero-order chi connectivity index (χ0) is 24.3. The van der Waals surface area contributed by atoms with Gasteiger partial charge in [0, 0.05) is 6.20 Å². The Balaban J connectivity index is 3.01. The third kappa shape index (κ3) is 9.16. The Morgan fingerprint density at radius 1 is 1.19 bits per heavy atom. The van der Waals surface area contributed by atoms with Gasteiger partial charge in [0.2, 0.25) is 0 Å². The first kappa shape index (κ1) is 28.0. The number of phosphoric ester groups is 1. The van der Waals surface area contributed by atoms with E-state index in [1.54, 1.807) is 0 Å². The molecule has 17 nitrogen and oxygen atoms in total. The van der Waals surface area contributed by atoms with Crippen molar-refractivity contribution < 1.29 is 61.4 Å². The summed E-state index contributed by atoms with van der Waals surface area (Å²) in [6, 6.07) is 1.21. The molecule has 0 spiro atoms. The maximum absolute atomic E-state index is 11.9. The molecule has 0 saturated heterocycles. The Bertz CT molecular complexity index is 962. The smallest absolute Gasteiger partial charge is 0.392 e. The van der Waals surface area contributed by atoms with Crippen LogP contribution < -0.4 is 11.4 Å². The van der Waals surface area contributed by atoms with Crippen LogP contribution in [0.5, 0.6) is 0 Å². The summed E-state index contributed by atoms with van der Waals surface area (Å²) in [6.07, 6.45) is -1.85. The predicted molar refractivity (Wildman–Crippen MR) is 100 cm³/mol. The van der Waals surface area contributed by atoms with Crippen molar-refractivity contribution in [2.75, 3.05) is 18.9 Å². The molecule has 1 rings (SSSR count). The van der Waals surface area contributed by atoms with E-state index >= 15 is 0 Å². The van der Waals surface area contributed by atoms with E-state index in [2.05, 4.69) is 18.1 Å². The van der Waals surface area contributed by atoms with E-state index in [1.165, 1.54) is 6.07 Å². The van der Waals surface area contributed by atoms with E-state index in [0.29, 0.717) is 0 Å². The lowest BCUT2D eigenvalue weighted by Crippen LogP contribution is -2.48. The number of aliphatic hydroxyl groups is 2. The molecule has 5 atom stereocenters. The lowest BCUT2D eigenvalue weighted by atomic mass is 10.0. The Labute approximate surface area is 174 Å². The van der Waals surface area contributed by atoms with Crippen molar-refractivity contribution in [3.63, 3.8) is 0 Å². The monoisotopic (exact) mass is 513 g/mol. The highest BCUT2D eigenvalue weighted by molar-refractivity contribution is 7.66. The molecule has 0 saturated carbocycles. The fourth-order valence-corrected chi connectivity index (χ4v) is 5.02. The van der Waals surface area contributed by atoms with Crippen molar-refractivity contribution in [3.8, 4) is 0 Å². The van der Waals surface area contributed by atoms with Crippen LogP contribution in [0.1, 0.15) is 20.1 Å². The number of aliphatic hydroxyl groups excluding tert-OH is 2. The molecule has 0 fully saturated rings. The highest BCUT2D eigenvalue weighted by Gasteiger charge is 2.43. The highest BCUT2D eigenvalue weighted by atomic mass is 31.3. The molecule has 2 unspecified atom stereocenters. The largest absolute Gasteiger partial charge is 0.490 e. The van der Waals surface area contributed by atoms with Crippen LogP contribution in [0.4, 0.5) is 5.82 Å². The standard InChI is InChI=1S/C11H22N3O14P3/c1-7(16)11(2,26-9(5-15)14-4-3-8(12)13-10(14)17)6-25-30(21,22)28-31(23,24)27-29(18,19)20/h3-4,7,9,15-16H,5-6H2,1-2H3,(H,21,22)(H,23,24)(H2,12,13,17)(H2,18,19,20)/t7-,9+,11+/m0/s1. The number of phosphoric acid groups is 3. The van der Waals surface area contributed by atoms with Crippen LogP contribution in [0.25, 0.3) is 0 Å². The van der Waals surface area contributed by atoms with Crippen LogP contribution in [0.2, 0.25) is 0 Å². The second-order valence-corrected chi connectivity index (χ2v) is 10.6. The van der Waals surface area contributed by atoms with Gasteiger partial charge in [-0.3, -0.25) is 9.09 Å². The second kappa shape index (κ2) is 10.3. The number of anilines is 1. The average Bonchev–Trinajstić information content (AvgIpc) is 2.55. The van der Waals surface area contributed by atoms with Crippen LogP contribution in [-0.4, -0.2) is 64.3 Å². The minimum atomic E-state index is -5.74. The molecule has 0 aliphatic heterocycles. The Morgan fingerprint density at radius 3 is 2.23 bits per heavy atom. The van der Waals surface area contributed by atoms with Gasteiger partial charge in [0.1, 0.15) is 11.4 Å². The van der Waals surface area contributed by atoms with Crippen LogP contribution >= 0.6 is 23.5 Å². The van der Waals surface area contributed by atoms with Gasteiger partial charge in [-0.2, -0.15) is 13.6 Å². The molecule has 0 radical (unpaired) electrons. The maximum Gasteiger partial charge on any atom is 0.490 e. The SMILES string of the molecule is C[C@H](O)[C@@](C)(COP(=O)(O)OP(=O)(O)OP(=O)(O)O)O[C@H](CO)n1ccc(N)nc1=O. The normalized spacial score (nSPS) is 20.3. The Hall–Kier alpha value is -1.03. The van der Waals surface area contributed by atoms with Crippen molar-refractivity contribution in [2.45, 2.75) is 31.8 Å². The van der Waals surface area contributed by atoms with Crippen LogP contribution in [0, 0.1) is 0 Å². The molecule has 1 aromatic rings. The third-order valence-electron chi connectivity index (χ3n) is 3.54. The number of rotatable bonds is 12. The van der Waals surface area contributed by atoms with Gasteiger partial charge < -0.3 is 40.3 Å². The molecule has 1 heterocycles. The van der Waals surface area contributed by atoms with Crippen molar-refractivity contribution in [1.29, 1.82) is 0 Å². The van der Waals surface area contributed by atoms with E-state index in [1.807, 2.05) is 0 Å². The minimum Gasteiger partial charge on any atom is -0.392 e. The first-order valence-electron chi connectivity index (χ1n) is 7.99. The summed E-state index contributed by atoms with van der Waals surface area (Å²) < 4.78 is 51.7. The summed E-state index contributed by atoms with van der Waals surface area (Å²) in [5, 5.41) is 19.6. The lowest BCUT2D eigenvalue weighted by Gasteiger charge is -2.36. The zero-order valence-corrected chi connectivity index (χ0v) is 18.7. The van der Waals surface area contributed by atoms with Gasteiger partial charge in [-0.15, -0.1) is 0 Å². The number of hydrogen-bond donors (Lipinski definition) is 7. The number of aromatic nitrogens is 2. The minimum absolute atomic E-state index is 0.121. The first-order valence-corrected chi connectivity index (χ1v) is 12.5. The fourth-order valence-electron chi connectivity index (χ4n) is 1.90. The van der Waals surface area contributed by atoms with Crippen LogP contribution in [0.3, 0.4) is 0 Å². The number of nitrogen functional groups attached to an aromatic ring is 1. The molecule has 1 aromatic heterocycles. The Morgan fingerprint density at radius 2 is 1.77 bits per heavy atom. The number of nitrogens with two attached hydrogens (primary N) is 1. The second-order valence-electron chi connectivity index (χ2n) is 6.15. The van der Waals surface area contributed by atoms with E-state index in [-0.39, 0.29) is 5.82 Å². The molecule has 0 aliphatic rings. The molecule has 8 N–H and O–H groups in total. The van der Waals surface area contributed by atoms with Gasteiger partial charge in [-0.05, 0) is 19.9 Å². The number of hydrogen-bond acceptors (Lipinski definition) is 12. The van der Waals surface area contributed by atoms with E-state index in [9.17, 15) is 33.6 Å². The van der Waals surface area contributed by atoms with Gasteiger partial charge >= 0.3 is 29.2 Å². The van der Waals surface area contributed by atoms with E-state index in [4.69, 9.17) is 25.2 Å². The molecular formula is C11H22N3O14P3. The molecule has 20 heteroatoms. The van der Waals surface area contributed by atoms with E-state index in [0.717, 1.165) is 24.6 Å². The molecular weight excluding hydrogens is 491 g/mol. The molecule has 0 amide bonds. The molecule has 0 bridgehead atoms. The van der Waals surface area contributed by atoms with Gasteiger partial charge in [0.05, 0.1) is 19.3 Å². The molecule has 31 heavy (non-hydrogen) atoms. The number of nitrogens with zero attached hydrogens (tertiary/aromatic N) is 2. The summed E-state index contributed by atoms with van der Waals surface area (Å²) in [6.45, 7) is 0.407. The van der Waals surface area contributed by atoms with E-state index < -0.39 is 60.3 Å². The van der Waals surface area contributed by atoms with Gasteiger partial charge in [0.25, 0.3) is 0 Å². The van der Waals surface area contributed by atoms with Crippen molar-refractivity contribution in [1.82, 2.24) is 9.55 Å². The summed E-state index contributed by atoms with van der Waals surface area (Å²) in [4.78, 5) is 51.1.